The lowest BCUT2D eigenvalue weighted by Gasteiger charge is -2.13. The third-order valence-electron chi connectivity index (χ3n) is 3.50. The number of halogens is 1. The number of amides is 2. The van der Waals surface area contributed by atoms with Crippen molar-refractivity contribution in [1.82, 2.24) is 0 Å². The van der Waals surface area contributed by atoms with E-state index < -0.39 is 5.82 Å². The van der Waals surface area contributed by atoms with Crippen LogP contribution in [0.15, 0.2) is 36.4 Å². The Hall–Kier alpha value is -2.89. The van der Waals surface area contributed by atoms with Crippen LogP contribution in [0.5, 0.6) is 5.75 Å². The van der Waals surface area contributed by atoms with Crippen LogP contribution in [0.1, 0.15) is 18.1 Å². The van der Waals surface area contributed by atoms with Crippen LogP contribution in [0.25, 0.3) is 0 Å². The van der Waals surface area contributed by atoms with E-state index in [9.17, 15) is 14.0 Å². The summed E-state index contributed by atoms with van der Waals surface area (Å²) in [6, 6.07) is 9.64. The van der Waals surface area contributed by atoms with Gasteiger partial charge in [0.25, 0.3) is 0 Å². The summed E-state index contributed by atoms with van der Waals surface area (Å²) in [5.41, 5.74) is 2.53. The monoisotopic (exact) mass is 330 g/mol. The standard InChI is InChI=1S/C18H19FN2O3/c1-11-15(20-12(2)22)5-4-6-16(11)21-18(23)10-13-7-8-17(24-3)14(19)9-13/h4-9H,10H2,1-3H3,(H,20,22)(H,21,23). The van der Waals surface area contributed by atoms with Gasteiger partial charge in [-0.15, -0.1) is 0 Å². The van der Waals surface area contributed by atoms with E-state index in [1.807, 2.05) is 0 Å². The average Bonchev–Trinajstić information content (AvgIpc) is 2.51. The fourth-order valence-corrected chi connectivity index (χ4v) is 2.30. The van der Waals surface area contributed by atoms with Crippen molar-refractivity contribution in [2.45, 2.75) is 20.3 Å². The van der Waals surface area contributed by atoms with Gasteiger partial charge >= 0.3 is 0 Å². The van der Waals surface area contributed by atoms with E-state index in [1.165, 1.54) is 26.2 Å². The van der Waals surface area contributed by atoms with Crippen molar-refractivity contribution in [3.8, 4) is 5.75 Å². The Bertz CT molecular complexity index is 775. The Kier molecular flexibility index (Phi) is 5.52. The van der Waals surface area contributed by atoms with Crippen LogP contribution in [0, 0.1) is 12.7 Å². The molecule has 5 nitrogen and oxygen atoms in total. The smallest absolute Gasteiger partial charge is 0.228 e. The van der Waals surface area contributed by atoms with Gasteiger partial charge in [-0.05, 0) is 42.3 Å². The molecular formula is C18H19FN2O3. The van der Waals surface area contributed by atoms with Gasteiger partial charge in [-0.1, -0.05) is 12.1 Å². The number of hydrogen-bond donors (Lipinski definition) is 2. The van der Waals surface area contributed by atoms with Crippen molar-refractivity contribution < 1.29 is 18.7 Å². The lowest BCUT2D eigenvalue weighted by atomic mass is 10.1. The predicted molar refractivity (Wildman–Crippen MR) is 90.8 cm³/mol. The number of hydrogen-bond acceptors (Lipinski definition) is 3. The molecule has 0 saturated heterocycles. The van der Waals surface area contributed by atoms with Crippen LogP contribution >= 0.6 is 0 Å². The second kappa shape index (κ2) is 7.59. The van der Waals surface area contributed by atoms with Crippen LogP contribution in [-0.2, 0) is 16.0 Å². The van der Waals surface area contributed by atoms with Crippen molar-refractivity contribution >= 4 is 23.2 Å². The summed E-state index contributed by atoms with van der Waals surface area (Å²) in [7, 11) is 1.38. The molecule has 24 heavy (non-hydrogen) atoms. The highest BCUT2D eigenvalue weighted by atomic mass is 19.1. The first-order chi connectivity index (χ1) is 11.4. The molecule has 0 aliphatic heterocycles. The van der Waals surface area contributed by atoms with Crippen LogP contribution < -0.4 is 15.4 Å². The van der Waals surface area contributed by atoms with E-state index in [2.05, 4.69) is 10.6 Å². The van der Waals surface area contributed by atoms with Gasteiger partial charge in [0, 0.05) is 18.3 Å². The first-order valence-electron chi connectivity index (χ1n) is 7.40. The highest BCUT2D eigenvalue weighted by Gasteiger charge is 2.11. The second-order valence-electron chi connectivity index (χ2n) is 5.35. The van der Waals surface area contributed by atoms with E-state index in [-0.39, 0.29) is 24.0 Å². The van der Waals surface area contributed by atoms with E-state index >= 15 is 0 Å². The van der Waals surface area contributed by atoms with E-state index in [1.54, 1.807) is 31.2 Å². The summed E-state index contributed by atoms with van der Waals surface area (Å²) < 4.78 is 18.5. The Morgan fingerprint density at radius 2 is 1.79 bits per heavy atom. The van der Waals surface area contributed by atoms with Gasteiger partial charge in [-0.3, -0.25) is 9.59 Å². The molecule has 2 aromatic carbocycles. The molecule has 0 radical (unpaired) electrons. The fourth-order valence-electron chi connectivity index (χ4n) is 2.30. The Morgan fingerprint density at radius 3 is 2.38 bits per heavy atom. The molecule has 0 fully saturated rings. The minimum atomic E-state index is -0.508. The number of carbonyl (C=O) groups is 2. The number of ether oxygens (including phenoxy) is 1. The van der Waals surface area contributed by atoms with Gasteiger partial charge in [-0.25, -0.2) is 4.39 Å². The maximum atomic E-state index is 13.7. The molecule has 0 aromatic heterocycles. The molecular weight excluding hydrogens is 311 g/mol. The lowest BCUT2D eigenvalue weighted by Crippen LogP contribution is -2.16. The summed E-state index contributed by atoms with van der Waals surface area (Å²) >= 11 is 0. The van der Waals surface area contributed by atoms with Crippen molar-refractivity contribution in [2.75, 3.05) is 17.7 Å². The van der Waals surface area contributed by atoms with Gasteiger partial charge in [0.05, 0.1) is 13.5 Å². The average molecular weight is 330 g/mol. The third kappa shape index (κ3) is 4.32. The molecule has 2 rings (SSSR count). The second-order valence-corrected chi connectivity index (χ2v) is 5.35. The van der Waals surface area contributed by atoms with Crippen LogP contribution in [0.4, 0.5) is 15.8 Å². The first-order valence-corrected chi connectivity index (χ1v) is 7.40. The van der Waals surface area contributed by atoms with Gasteiger partial charge in [0.2, 0.25) is 11.8 Å². The topological polar surface area (TPSA) is 67.4 Å². The Morgan fingerprint density at radius 1 is 1.12 bits per heavy atom. The maximum absolute atomic E-state index is 13.7. The normalized spacial score (nSPS) is 10.2. The fraction of sp³-hybridized carbons (Fsp3) is 0.222. The minimum Gasteiger partial charge on any atom is -0.494 e. The molecule has 0 spiro atoms. The Balaban J connectivity index is 2.10. The zero-order chi connectivity index (χ0) is 17.7. The molecule has 0 bridgehead atoms. The quantitative estimate of drug-likeness (QED) is 0.884. The highest BCUT2D eigenvalue weighted by molar-refractivity contribution is 5.95. The number of benzene rings is 2. The van der Waals surface area contributed by atoms with Crippen molar-refractivity contribution in [1.29, 1.82) is 0 Å². The van der Waals surface area contributed by atoms with Crippen molar-refractivity contribution in [3.05, 3.63) is 53.3 Å². The maximum Gasteiger partial charge on any atom is 0.228 e. The van der Waals surface area contributed by atoms with Gasteiger partial charge in [0.1, 0.15) is 0 Å². The van der Waals surface area contributed by atoms with Gasteiger partial charge in [0.15, 0.2) is 11.6 Å². The summed E-state index contributed by atoms with van der Waals surface area (Å²) in [5, 5.41) is 5.48. The molecule has 2 amide bonds. The minimum absolute atomic E-state index is 0.0325. The molecule has 0 unspecified atom stereocenters. The van der Waals surface area contributed by atoms with E-state index in [4.69, 9.17) is 4.74 Å². The molecule has 0 aliphatic carbocycles. The molecule has 0 heterocycles. The number of nitrogens with one attached hydrogen (secondary N) is 2. The van der Waals surface area contributed by atoms with Crippen molar-refractivity contribution in [2.24, 2.45) is 0 Å². The summed E-state index contributed by atoms with van der Waals surface area (Å²) in [6.45, 7) is 3.22. The van der Waals surface area contributed by atoms with Gasteiger partial charge in [-0.2, -0.15) is 0 Å². The largest absolute Gasteiger partial charge is 0.494 e. The summed E-state index contributed by atoms with van der Waals surface area (Å²) in [6.07, 6.45) is 0.0325. The van der Waals surface area contributed by atoms with Crippen molar-refractivity contribution in [3.63, 3.8) is 0 Å². The molecule has 0 atom stereocenters. The zero-order valence-electron chi connectivity index (χ0n) is 13.8. The molecule has 6 heteroatoms. The van der Waals surface area contributed by atoms with E-state index in [0.29, 0.717) is 16.9 Å². The highest BCUT2D eigenvalue weighted by Crippen LogP contribution is 2.24. The molecule has 0 aliphatic rings. The Labute approximate surface area is 139 Å². The zero-order valence-corrected chi connectivity index (χ0v) is 13.8. The van der Waals surface area contributed by atoms with Crippen LogP contribution in [0.3, 0.4) is 0 Å². The van der Waals surface area contributed by atoms with Gasteiger partial charge < -0.3 is 15.4 Å². The van der Waals surface area contributed by atoms with Crippen LogP contribution in [-0.4, -0.2) is 18.9 Å². The number of carbonyl (C=O) groups excluding carboxylic acids is 2. The lowest BCUT2D eigenvalue weighted by molar-refractivity contribution is -0.116. The molecule has 2 aromatic rings. The summed E-state index contributed by atoms with van der Waals surface area (Å²) in [4.78, 5) is 23.4. The molecule has 0 saturated carbocycles. The number of rotatable bonds is 5. The predicted octanol–water partition coefficient (Wildman–Crippen LogP) is 3.28. The van der Waals surface area contributed by atoms with E-state index in [0.717, 1.165) is 5.56 Å². The first kappa shape index (κ1) is 17.5. The number of anilines is 2. The number of methoxy groups -OCH3 is 1. The van der Waals surface area contributed by atoms with Crippen LogP contribution in [0.2, 0.25) is 0 Å². The molecule has 2 N–H and O–H groups in total. The molecule has 126 valence electrons. The summed E-state index contributed by atoms with van der Waals surface area (Å²) in [5.74, 6) is -0.831. The third-order valence-corrected chi connectivity index (χ3v) is 3.50. The SMILES string of the molecule is COc1ccc(CC(=O)Nc2cccc(NC(C)=O)c2C)cc1F.